The minimum Gasteiger partial charge on any atom is -0.0622 e. The summed E-state index contributed by atoms with van der Waals surface area (Å²) in [5.74, 6) is 0. The topological polar surface area (TPSA) is 0 Å². The average Bonchev–Trinajstić information content (AvgIpc) is 2.55. The van der Waals surface area contributed by atoms with Crippen LogP contribution < -0.4 is 0 Å². The third kappa shape index (κ3) is 7.45. The minimum absolute atomic E-state index is 1.13. The van der Waals surface area contributed by atoms with Crippen LogP contribution in [-0.4, -0.2) is 0 Å². The normalized spacial score (nSPS) is 15.1. The molecule has 1 aliphatic rings. The Morgan fingerprint density at radius 2 is 0.682 bits per heavy atom. The van der Waals surface area contributed by atoms with Gasteiger partial charge in [-0.2, -0.15) is 0 Å². The molecule has 1 fully saturated rings. The number of benzene rings is 2. The van der Waals surface area contributed by atoms with Gasteiger partial charge >= 0.3 is 0 Å². The molecule has 0 saturated heterocycles. The fraction of sp³-hybridized carbons (Fsp3) is 0.455. The molecule has 0 heterocycles. The minimum atomic E-state index is 1.13. The van der Waals surface area contributed by atoms with Crippen LogP contribution in [0.4, 0.5) is 0 Å². The largest absolute Gasteiger partial charge is 0.0622 e. The first-order valence-electron chi connectivity index (χ1n) is 9.03. The molecule has 0 N–H and O–H groups in total. The molecule has 0 bridgehead atoms. The summed E-state index contributed by atoms with van der Waals surface area (Å²) in [5.41, 5.74) is 2.83. The Bertz CT molecular complexity index is 408. The SMILES string of the molecule is C1CCCCCCC1.c1ccc(CCc2ccccc2)cc1. The third-order valence-corrected chi connectivity index (χ3v) is 4.39. The van der Waals surface area contributed by atoms with Crippen LogP contribution in [0, 0.1) is 0 Å². The van der Waals surface area contributed by atoms with Crippen LogP contribution in [0.2, 0.25) is 0 Å². The highest BCUT2D eigenvalue weighted by Gasteiger charge is 1.96. The van der Waals surface area contributed by atoms with E-state index in [9.17, 15) is 0 Å². The Balaban J connectivity index is 0.000000188. The van der Waals surface area contributed by atoms with E-state index in [0.29, 0.717) is 0 Å². The van der Waals surface area contributed by atoms with Gasteiger partial charge in [0.2, 0.25) is 0 Å². The Morgan fingerprint density at radius 1 is 0.409 bits per heavy atom. The molecule has 0 nitrogen and oxygen atoms in total. The summed E-state index contributed by atoms with van der Waals surface area (Å²) in [5, 5.41) is 0. The number of hydrogen-bond donors (Lipinski definition) is 0. The maximum atomic E-state index is 2.18. The summed E-state index contributed by atoms with van der Waals surface area (Å²) >= 11 is 0. The molecule has 2 aromatic carbocycles. The van der Waals surface area contributed by atoms with E-state index in [1.165, 1.54) is 62.5 Å². The zero-order valence-electron chi connectivity index (χ0n) is 13.8. The van der Waals surface area contributed by atoms with E-state index < -0.39 is 0 Å². The maximum absolute atomic E-state index is 2.18. The van der Waals surface area contributed by atoms with Crippen LogP contribution in [0.3, 0.4) is 0 Å². The first kappa shape index (κ1) is 16.8. The smallest absolute Gasteiger partial charge is 0.0238 e. The molecule has 3 rings (SSSR count). The summed E-state index contributed by atoms with van der Waals surface area (Å²) in [7, 11) is 0. The van der Waals surface area contributed by atoms with E-state index in [-0.39, 0.29) is 0 Å². The number of rotatable bonds is 3. The van der Waals surface area contributed by atoms with E-state index in [0.717, 1.165) is 12.8 Å². The molecule has 1 saturated carbocycles. The fourth-order valence-corrected chi connectivity index (χ4v) is 2.99. The van der Waals surface area contributed by atoms with Gasteiger partial charge in [-0.05, 0) is 24.0 Å². The van der Waals surface area contributed by atoms with Gasteiger partial charge in [0, 0.05) is 0 Å². The lowest BCUT2D eigenvalue weighted by molar-refractivity contribution is 0.504. The quantitative estimate of drug-likeness (QED) is 0.598. The second-order valence-corrected chi connectivity index (χ2v) is 6.30. The zero-order chi connectivity index (χ0) is 15.3. The Labute approximate surface area is 136 Å². The highest BCUT2D eigenvalue weighted by molar-refractivity contribution is 5.19. The van der Waals surface area contributed by atoms with Crippen LogP contribution in [-0.2, 0) is 12.8 Å². The van der Waals surface area contributed by atoms with Crippen LogP contribution in [0.25, 0.3) is 0 Å². The van der Waals surface area contributed by atoms with Crippen molar-refractivity contribution in [2.75, 3.05) is 0 Å². The van der Waals surface area contributed by atoms with Crippen molar-refractivity contribution in [3.05, 3.63) is 71.8 Å². The summed E-state index contributed by atoms with van der Waals surface area (Å²) in [6.45, 7) is 0. The summed E-state index contributed by atoms with van der Waals surface area (Å²) in [6.07, 6.45) is 14.3. The van der Waals surface area contributed by atoms with Gasteiger partial charge < -0.3 is 0 Å². The van der Waals surface area contributed by atoms with Gasteiger partial charge in [0.1, 0.15) is 0 Å². The molecule has 0 spiro atoms. The second-order valence-electron chi connectivity index (χ2n) is 6.30. The zero-order valence-corrected chi connectivity index (χ0v) is 13.8. The van der Waals surface area contributed by atoms with Crippen molar-refractivity contribution in [3.8, 4) is 0 Å². The first-order valence-corrected chi connectivity index (χ1v) is 9.03. The van der Waals surface area contributed by atoms with Crippen LogP contribution in [0.15, 0.2) is 60.7 Å². The van der Waals surface area contributed by atoms with Crippen LogP contribution in [0.1, 0.15) is 62.5 Å². The molecule has 1 aliphatic carbocycles. The molecule has 0 heteroatoms. The van der Waals surface area contributed by atoms with Crippen molar-refractivity contribution in [1.29, 1.82) is 0 Å². The van der Waals surface area contributed by atoms with Crippen molar-refractivity contribution in [2.45, 2.75) is 64.2 Å². The fourth-order valence-electron chi connectivity index (χ4n) is 2.99. The van der Waals surface area contributed by atoms with Crippen LogP contribution in [0.5, 0.6) is 0 Å². The van der Waals surface area contributed by atoms with Crippen molar-refractivity contribution in [3.63, 3.8) is 0 Å². The predicted molar refractivity (Wildman–Crippen MR) is 97.2 cm³/mol. The summed E-state index contributed by atoms with van der Waals surface area (Å²) < 4.78 is 0. The van der Waals surface area contributed by atoms with Gasteiger partial charge in [-0.3, -0.25) is 0 Å². The molecule has 118 valence electrons. The van der Waals surface area contributed by atoms with Gasteiger partial charge in [0.25, 0.3) is 0 Å². The van der Waals surface area contributed by atoms with Gasteiger partial charge in [0.15, 0.2) is 0 Å². The molecular formula is C22H30. The molecule has 0 radical (unpaired) electrons. The van der Waals surface area contributed by atoms with E-state index in [1.807, 2.05) is 0 Å². The molecular weight excluding hydrogens is 264 g/mol. The highest BCUT2D eigenvalue weighted by Crippen LogP contribution is 2.15. The Morgan fingerprint density at radius 3 is 0.955 bits per heavy atom. The molecule has 22 heavy (non-hydrogen) atoms. The molecule has 0 atom stereocenters. The molecule has 0 aliphatic heterocycles. The van der Waals surface area contributed by atoms with Crippen molar-refractivity contribution >= 4 is 0 Å². The van der Waals surface area contributed by atoms with Crippen LogP contribution >= 0.6 is 0 Å². The number of hydrogen-bond acceptors (Lipinski definition) is 0. The Hall–Kier alpha value is -1.56. The Kier molecular flexibility index (Phi) is 8.45. The van der Waals surface area contributed by atoms with Crippen molar-refractivity contribution in [1.82, 2.24) is 0 Å². The highest BCUT2D eigenvalue weighted by atomic mass is 14.0. The average molecular weight is 294 g/mol. The molecule has 0 aromatic heterocycles. The predicted octanol–water partition coefficient (Wildman–Crippen LogP) is 6.59. The van der Waals surface area contributed by atoms with Gasteiger partial charge in [-0.1, -0.05) is 112 Å². The summed E-state index contributed by atoms with van der Waals surface area (Å²) in [4.78, 5) is 0. The van der Waals surface area contributed by atoms with Gasteiger partial charge in [-0.15, -0.1) is 0 Å². The lowest BCUT2D eigenvalue weighted by Gasteiger charge is -2.05. The second kappa shape index (κ2) is 11.1. The summed E-state index contributed by atoms with van der Waals surface area (Å²) in [6, 6.07) is 21.2. The molecule has 0 amide bonds. The van der Waals surface area contributed by atoms with Gasteiger partial charge in [-0.25, -0.2) is 0 Å². The molecule has 0 unspecified atom stereocenters. The monoisotopic (exact) mass is 294 g/mol. The lowest BCUT2D eigenvalue weighted by Crippen LogP contribution is -1.89. The lowest BCUT2D eigenvalue weighted by atomic mass is 10.0. The number of aryl methyl sites for hydroxylation is 2. The van der Waals surface area contributed by atoms with Crippen molar-refractivity contribution < 1.29 is 0 Å². The standard InChI is InChI=1S/C14H14.C8H16/c1-3-7-13(8-4-1)11-12-14-9-5-2-6-10-14;1-2-4-6-8-7-5-3-1/h1-10H,11-12H2;1-8H2. The van der Waals surface area contributed by atoms with E-state index in [1.54, 1.807) is 0 Å². The van der Waals surface area contributed by atoms with E-state index >= 15 is 0 Å². The maximum Gasteiger partial charge on any atom is -0.0238 e. The first-order chi connectivity index (χ1) is 10.9. The third-order valence-electron chi connectivity index (χ3n) is 4.39. The van der Waals surface area contributed by atoms with Gasteiger partial charge in [0.05, 0.1) is 0 Å². The molecule has 2 aromatic rings. The van der Waals surface area contributed by atoms with E-state index in [2.05, 4.69) is 60.7 Å². The van der Waals surface area contributed by atoms with Crippen molar-refractivity contribution in [2.24, 2.45) is 0 Å². The van der Waals surface area contributed by atoms with E-state index in [4.69, 9.17) is 0 Å².